The van der Waals surface area contributed by atoms with E-state index in [1.807, 2.05) is 0 Å². The van der Waals surface area contributed by atoms with Crippen molar-refractivity contribution in [1.82, 2.24) is 24.5 Å². The molecule has 0 unspecified atom stereocenters. The van der Waals surface area contributed by atoms with Crippen molar-refractivity contribution >= 4 is 50.4 Å². The van der Waals surface area contributed by atoms with Crippen molar-refractivity contribution in [3.05, 3.63) is 34.5 Å². The summed E-state index contributed by atoms with van der Waals surface area (Å²) in [6.07, 6.45) is 4.18. The third-order valence-electron chi connectivity index (χ3n) is 7.52. The van der Waals surface area contributed by atoms with Gasteiger partial charge in [-0.2, -0.15) is 30.1 Å². The molecule has 0 spiro atoms. The molecule has 12 nitrogen and oxygen atoms in total. The van der Waals surface area contributed by atoms with Crippen molar-refractivity contribution < 1.29 is 8.42 Å². The van der Waals surface area contributed by atoms with Gasteiger partial charge in [-0.15, -0.1) is 0 Å². The van der Waals surface area contributed by atoms with Crippen LogP contribution in [0.3, 0.4) is 0 Å². The molecule has 1 aromatic carbocycles. The van der Waals surface area contributed by atoms with E-state index in [0.29, 0.717) is 71.2 Å². The Labute approximate surface area is 231 Å². The van der Waals surface area contributed by atoms with Crippen molar-refractivity contribution in [2.45, 2.75) is 44.3 Å². The molecule has 2 N–H and O–H groups in total. The van der Waals surface area contributed by atoms with Crippen molar-refractivity contribution in [1.29, 1.82) is 10.5 Å². The minimum atomic E-state index is -2.96. The van der Waals surface area contributed by atoms with Crippen LogP contribution in [-0.4, -0.2) is 82.2 Å². The minimum Gasteiger partial charge on any atom is -0.365 e. The molecule has 202 valence electrons. The quantitative estimate of drug-likeness (QED) is 0.452. The molecule has 0 amide bonds. The van der Waals surface area contributed by atoms with E-state index in [-0.39, 0.29) is 29.5 Å². The maximum Gasteiger partial charge on any atom is 0.232 e. The first-order chi connectivity index (χ1) is 18.7. The molecule has 39 heavy (non-hydrogen) atoms. The van der Waals surface area contributed by atoms with Crippen LogP contribution >= 0.6 is 11.6 Å². The molecule has 2 atom stereocenters. The first-order valence-electron chi connectivity index (χ1n) is 12.9. The van der Waals surface area contributed by atoms with Gasteiger partial charge in [-0.25, -0.2) is 8.42 Å². The van der Waals surface area contributed by atoms with E-state index in [2.05, 4.69) is 54.6 Å². The van der Waals surface area contributed by atoms with Gasteiger partial charge in [-0.3, -0.25) is 4.90 Å². The van der Waals surface area contributed by atoms with E-state index in [1.54, 1.807) is 12.1 Å². The summed E-state index contributed by atoms with van der Waals surface area (Å²) in [7, 11) is -2.96. The zero-order valence-corrected chi connectivity index (χ0v) is 22.9. The first-order valence-corrected chi connectivity index (χ1v) is 15.1. The molecule has 2 saturated heterocycles. The number of nitrogens with zero attached hydrogens (tertiary/aromatic N) is 8. The fraction of sp³-hybridized carbons (Fsp3) is 0.480. The molecule has 6 rings (SSSR count). The number of nitriles is 2. The Morgan fingerprint density at radius 2 is 1.95 bits per heavy atom. The second kappa shape index (κ2) is 9.83. The lowest BCUT2D eigenvalue weighted by Gasteiger charge is -2.43. The summed E-state index contributed by atoms with van der Waals surface area (Å²) in [5.74, 6) is 1.16. The number of sulfone groups is 1. The predicted octanol–water partition coefficient (Wildman–Crippen LogP) is 2.54. The van der Waals surface area contributed by atoms with E-state index in [4.69, 9.17) is 11.6 Å². The van der Waals surface area contributed by atoms with E-state index in [1.165, 1.54) is 10.7 Å². The monoisotopic (exact) mass is 566 g/mol. The molecule has 0 radical (unpaired) electrons. The lowest BCUT2D eigenvalue weighted by molar-refractivity contribution is 0.178. The molecule has 2 aliphatic heterocycles. The molecule has 0 bridgehead atoms. The molecule has 1 saturated carbocycles. The van der Waals surface area contributed by atoms with E-state index < -0.39 is 9.84 Å². The van der Waals surface area contributed by atoms with E-state index >= 15 is 0 Å². The van der Waals surface area contributed by atoms with Crippen LogP contribution in [-0.2, 0) is 9.84 Å². The van der Waals surface area contributed by atoms with Gasteiger partial charge in [0, 0.05) is 37.8 Å². The highest BCUT2D eigenvalue weighted by atomic mass is 35.5. The van der Waals surface area contributed by atoms with Crippen molar-refractivity contribution in [2.75, 3.05) is 46.7 Å². The van der Waals surface area contributed by atoms with Crippen LogP contribution in [0.5, 0.6) is 0 Å². The van der Waals surface area contributed by atoms with Crippen LogP contribution < -0.4 is 15.5 Å². The second-order valence-electron chi connectivity index (χ2n) is 10.4. The van der Waals surface area contributed by atoms with Crippen LogP contribution in [0.1, 0.15) is 37.3 Å². The van der Waals surface area contributed by atoms with E-state index in [9.17, 15) is 18.9 Å². The Bertz CT molecular complexity index is 1640. The molecule has 14 heteroatoms. The standard InChI is InChI=1S/C25H27ClN10O2S/c1-15-13-34(19-4-7-39(37,38)14-19)5-6-35(15)21-9-16(10-27)8-20(22(21)26)31-24-32-23-17(11-28)12-29-36(23)25(33-24)30-18-2-3-18/h8-9,12,15,18-19H,2-7,13-14H2,1H3,(H2,30,31,32,33)/t15-,19-/m0/s1. The number of piperazine rings is 1. The van der Waals surface area contributed by atoms with Crippen molar-refractivity contribution in [3.8, 4) is 12.1 Å². The number of benzene rings is 1. The number of anilines is 4. The molecule has 1 aliphatic carbocycles. The lowest BCUT2D eigenvalue weighted by Crippen LogP contribution is -2.55. The highest BCUT2D eigenvalue weighted by molar-refractivity contribution is 7.91. The third-order valence-corrected chi connectivity index (χ3v) is 9.67. The van der Waals surface area contributed by atoms with Crippen LogP contribution in [0.4, 0.5) is 23.3 Å². The van der Waals surface area contributed by atoms with Crippen LogP contribution in [0.15, 0.2) is 18.3 Å². The number of halogens is 1. The summed E-state index contributed by atoms with van der Waals surface area (Å²) in [4.78, 5) is 13.5. The Kier molecular flexibility index (Phi) is 6.46. The van der Waals surface area contributed by atoms with Gasteiger partial charge in [0.2, 0.25) is 11.9 Å². The highest BCUT2D eigenvalue weighted by Gasteiger charge is 2.36. The van der Waals surface area contributed by atoms with Crippen LogP contribution in [0.25, 0.3) is 5.65 Å². The van der Waals surface area contributed by atoms with Gasteiger partial charge in [0.15, 0.2) is 15.5 Å². The molecule has 2 aromatic heterocycles. The smallest absolute Gasteiger partial charge is 0.232 e. The van der Waals surface area contributed by atoms with Crippen molar-refractivity contribution in [3.63, 3.8) is 0 Å². The van der Waals surface area contributed by atoms with Crippen molar-refractivity contribution in [2.24, 2.45) is 0 Å². The Balaban J connectivity index is 1.29. The molecule has 3 fully saturated rings. The van der Waals surface area contributed by atoms with Gasteiger partial charge in [0.05, 0.1) is 45.7 Å². The number of hydrogen-bond acceptors (Lipinski definition) is 11. The maximum absolute atomic E-state index is 12.0. The maximum atomic E-state index is 12.0. The number of aromatic nitrogens is 4. The number of hydrogen-bond donors (Lipinski definition) is 2. The van der Waals surface area contributed by atoms with Gasteiger partial charge < -0.3 is 15.5 Å². The number of fused-ring (bicyclic) bond motifs is 1. The Morgan fingerprint density at radius 1 is 1.13 bits per heavy atom. The minimum absolute atomic E-state index is 0.0464. The molecule has 4 heterocycles. The van der Waals surface area contributed by atoms with Gasteiger partial charge in [0.1, 0.15) is 11.6 Å². The number of rotatable bonds is 6. The van der Waals surface area contributed by atoms with Crippen LogP contribution in [0.2, 0.25) is 5.02 Å². The first kappa shape index (κ1) is 25.6. The largest absolute Gasteiger partial charge is 0.365 e. The predicted molar refractivity (Wildman–Crippen MR) is 147 cm³/mol. The average Bonchev–Trinajstić information content (AvgIpc) is 3.51. The SMILES string of the molecule is C[C@H]1CN([C@H]2CCS(=O)(=O)C2)CCN1c1cc(C#N)cc(Nc2nc(NC3CC3)n3ncc(C#N)c3n2)c1Cl. The van der Waals surface area contributed by atoms with Gasteiger partial charge in [0.25, 0.3) is 0 Å². The van der Waals surface area contributed by atoms with Gasteiger partial charge in [-0.05, 0) is 38.3 Å². The summed E-state index contributed by atoms with van der Waals surface area (Å²) < 4.78 is 25.5. The van der Waals surface area contributed by atoms with Gasteiger partial charge in [-0.1, -0.05) is 11.6 Å². The molecular weight excluding hydrogens is 540 g/mol. The second-order valence-corrected chi connectivity index (χ2v) is 13.0. The molecule has 3 aromatic rings. The molecule has 3 aliphatic rings. The topological polar surface area (TPSA) is 155 Å². The average molecular weight is 567 g/mol. The summed E-state index contributed by atoms with van der Waals surface area (Å²) in [5, 5.41) is 30.5. The normalized spacial score (nSPS) is 22.9. The fourth-order valence-electron chi connectivity index (χ4n) is 5.35. The third kappa shape index (κ3) is 5.05. The Hall–Kier alpha value is -3.65. The Morgan fingerprint density at radius 3 is 2.62 bits per heavy atom. The van der Waals surface area contributed by atoms with Gasteiger partial charge >= 0.3 is 0 Å². The summed E-state index contributed by atoms with van der Waals surface area (Å²) in [5.41, 5.74) is 2.29. The summed E-state index contributed by atoms with van der Waals surface area (Å²) >= 11 is 6.93. The highest BCUT2D eigenvalue weighted by Crippen LogP contribution is 2.38. The lowest BCUT2D eigenvalue weighted by atomic mass is 10.1. The fourth-order valence-corrected chi connectivity index (χ4v) is 7.38. The van der Waals surface area contributed by atoms with Crippen LogP contribution in [0, 0.1) is 22.7 Å². The number of nitrogens with one attached hydrogen (secondary N) is 2. The zero-order chi connectivity index (χ0) is 27.3. The zero-order valence-electron chi connectivity index (χ0n) is 21.3. The van der Waals surface area contributed by atoms with E-state index in [0.717, 1.165) is 12.8 Å². The summed E-state index contributed by atoms with van der Waals surface area (Å²) in [6, 6.07) is 8.14. The molecular formula is C25H27ClN10O2S. The summed E-state index contributed by atoms with van der Waals surface area (Å²) in [6.45, 7) is 4.12.